The number of amides is 1. The Morgan fingerprint density at radius 2 is 2.17 bits per heavy atom. The van der Waals surface area contributed by atoms with Crippen LogP contribution in [-0.4, -0.2) is 30.2 Å². The minimum atomic E-state index is -4.46. The number of nitrogens with zero attached hydrogens (tertiary/aromatic N) is 1. The minimum Gasteiger partial charge on any atom is -0.370 e. The van der Waals surface area contributed by atoms with Gasteiger partial charge in [-0.25, -0.2) is 4.98 Å². The fraction of sp³-hybridized carbons (Fsp3) is 0.400. The van der Waals surface area contributed by atoms with Gasteiger partial charge in [-0.2, -0.15) is 13.2 Å². The van der Waals surface area contributed by atoms with Gasteiger partial charge < -0.3 is 10.6 Å². The van der Waals surface area contributed by atoms with Crippen LogP contribution in [0.3, 0.4) is 0 Å². The first-order valence-corrected chi connectivity index (χ1v) is 5.45. The van der Waals surface area contributed by atoms with Crippen molar-refractivity contribution in [3.63, 3.8) is 0 Å². The molecule has 0 saturated heterocycles. The predicted molar refractivity (Wildman–Crippen MR) is 61.8 cm³/mol. The summed E-state index contributed by atoms with van der Waals surface area (Å²) in [5.74, 6) is -0.516. The van der Waals surface area contributed by atoms with E-state index in [2.05, 4.69) is 10.3 Å². The van der Waals surface area contributed by atoms with Crippen LogP contribution < -0.4 is 10.6 Å². The largest absolute Gasteiger partial charge is 0.405 e. The van der Waals surface area contributed by atoms with E-state index in [4.69, 9.17) is 11.6 Å². The summed E-state index contributed by atoms with van der Waals surface area (Å²) in [6, 6.07) is 1.30. The van der Waals surface area contributed by atoms with Crippen molar-refractivity contribution in [2.24, 2.45) is 0 Å². The highest BCUT2D eigenvalue weighted by atomic mass is 35.5. The lowest BCUT2D eigenvalue weighted by molar-refractivity contribution is -0.123. The van der Waals surface area contributed by atoms with Crippen molar-refractivity contribution in [2.45, 2.75) is 13.1 Å². The normalized spacial score (nSPS) is 11.2. The second-order valence-corrected chi connectivity index (χ2v) is 3.78. The molecule has 1 amide bonds. The third kappa shape index (κ3) is 4.40. The van der Waals surface area contributed by atoms with Crippen LogP contribution in [0, 0.1) is 0 Å². The molecule has 0 aromatic carbocycles. The molecule has 1 rings (SSSR count). The van der Waals surface area contributed by atoms with Crippen LogP contribution in [0.2, 0.25) is 5.02 Å². The van der Waals surface area contributed by atoms with E-state index in [0.717, 1.165) is 0 Å². The zero-order valence-corrected chi connectivity index (χ0v) is 10.2. The second-order valence-electron chi connectivity index (χ2n) is 3.38. The van der Waals surface area contributed by atoms with Gasteiger partial charge in [0.05, 0.1) is 10.6 Å². The van der Waals surface area contributed by atoms with E-state index in [1.807, 2.05) is 6.92 Å². The molecule has 2 N–H and O–H groups in total. The Morgan fingerprint density at radius 1 is 1.50 bits per heavy atom. The van der Waals surface area contributed by atoms with Crippen molar-refractivity contribution in [3.8, 4) is 0 Å². The van der Waals surface area contributed by atoms with Crippen molar-refractivity contribution >= 4 is 23.3 Å². The average Bonchev–Trinajstić information content (AvgIpc) is 2.28. The first-order valence-electron chi connectivity index (χ1n) is 5.08. The van der Waals surface area contributed by atoms with Crippen molar-refractivity contribution in [1.82, 2.24) is 10.3 Å². The molecule has 18 heavy (non-hydrogen) atoms. The van der Waals surface area contributed by atoms with Gasteiger partial charge in [-0.1, -0.05) is 11.6 Å². The quantitative estimate of drug-likeness (QED) is 0.891. The summed E-state index contributed by atoms with van der Waals surface area (Å²) in [5, 5.41) is 4.57. The van der Waals surface area contributed by atoms with Gasteiger partial charge in [0.25, 0.3) is 5.91 Å². The van der Waals surface area contributed by atoms with Crippen molar-refractivity contribution in [1.29, 1.82) is 0 Å². The lowest BCUT2D eigenvalue weighted by atomic mass is 10.2. The number of aromatic nitrogens is 1. The number of alkyl halides is 3. The zero-order valence-electron chi connectivity index (χ0n) is 9.44. The number of rotatable bonds is 4. The van der Waals surface area contributed by atoms with Crippen LogP contribution >= 0.6 is 11.6 Å². The Kier molecular flexibility index (Phi) is 4.77. The topological polar surface area (TPSA) is 54.0 Å². The molecule has 0 atom stereocenters. The van der Waals surface area contributed by atoms with Gasteiger partial charge in [-0.05, 0) is 13.0 Å². The number of hydrogen-bond acceptors (Lipinski definition) is 3. The van der Waals surface area contributed by atoms with Gasteiger partial charge in [0.1, 0.15) is 12.4 Å². The molecule has 0 aliphatic carbocycles. The molecule has 0 radical (unpaired) electrons. The molecular weight excluding hydrogens is 271 g/mol. The van der Waals surface area contributed by atoms with Gasteiger partial charge in [0, 0.05) is 12.7 Å². The summed E-state index contributed by atoms with van der Waals surface area (Å²) in [7, 11) is 0. The Hall–Kier alpha value is -1.50. The van der Waals surface area contributed by atoms with Crippen LogP contribution in [0.4, 0.5) is 19.0 Å². The standard InChI is InChI=1S/C10H11ClF3N3O/c1-2-15-8-3-6(7(11)4-16-8)9(18)17-5-10(12,13)14/h3-4H,2,5H2,1H3,(H,15,16)(H,17,18). The van der Waals surface area contributed by atoms with Crippen molar-refractivity contribution in [2.75, 3.05) is 18.4 Å². The number of carbonyl (C=O) groups is 1. The van der Waals surface area contributed by atoms with E-state index in [-0.39, 0.29) is 10.6 Å². The molecule has 0 aliphatic rings. The summed E-state index contributed by atoms with van der Waals surface area (Å²) in [6.45, 7) is 0.985. The summed E-state index contributed by atoms with van der Waals surface area (Å²) in [5.41, 5.74) is -0.0492. The van der Waals surface area contributed by atoms with Gasteiger partial charge in [-0.3, -0.25) is 4.79 Å². The molecule has 1 aromatic rings. The van der Waals surface area contributed by atoms with E-state index in [9.17, 15) is 18.0 Å². The Bertz CT molecular complexity index is 437. The van der Waals surface area contributed by atoms with Crippen LogP contribution in [0.1, 0.15) is 17.3 Å². The predicted octanol–water partition coefficient (Wildman–Crippen LogP) is 2.46. The maximum atomic E-state index is 12.0. The molecule has 0 spiro atoms. The van der Waals surface area contributed by atoms with Crippen LogP contribution in [0.15, 0.2) is 12.3 Å². The van der Waals surface area contributed by atoms with Gasteiger partial charge >= 0.3 is 6.18 Å². The molecule has 1 aromatic heterocycles. The SMILES string of the molecule is CCNc1cc(C(=O)NCC(F)(F)F)c(Cl)cn1. The second kappa shape index (κ2) is 5.90. The smallest absolute Gasteiger partial charge is 0.370 e. The molecule has 8 heteroatoms. The fourth-order valence-corrected chi connectivity index (χ4v) is 1.36. The highest BCUT2D eigenvalue weighted by Gasteiger charge is 2.28. The molecule has 0 saturated carbocycles. The van der Waals surface area contributed by atoms with E-state index in [1.165, 1.54) is 12.3 Å². The van der Waals surface area contributed by atoms with E-state index in [0.29, 0.717) is 12.4 Å². The number of anilines is 1. The molecule has 0 fully saturated rings. The average molecular weight is 282 g/mol. The van der Waals surface area contributed by atoms with Crippen LogP contribution in [-0.2, 0) is 0 Å². The summed E-state index contributed by atoms with van der Waals surface area (Å²) < 4.78 is 35.9. The van der Waals surface area contributed by atoms with E-state index >= 15 is 0 Å². The Balaban J connectivity index is 2.81. The third-order valence-electron chi connectivity index (χ3n) is 1.91. The fourth-order valence-electron chi connectivity index (χ4n) is 1.17. The van der Waals surface area contributed by atoms with Gasteiger partial charge in [-0.15, -0.1) is 0 Å². The number of halogens is 4. The highest BCUT2D eigenvalue weighted by Crippen LogP contribution is 2.19. The van der Waals surface area contributed by atoms with Crippen molar-refractivity contribution in [3.05, 3.63) is 22.8 Å². The highest BCUT2D eigenvalue weighted by molar-refractivity contribution is 6.33. The number of carbonyl (C=O) groups excluding carboxylic acids is 1. The molecule has 0 unspecified atom stereocenters. The summed E-state index contributed by atoms with van der Waals surface area (Å²) >= 11 is 5.71. The van der Waals surface area contributed by atoms with E-state index in [1.54, 1.807) is 5.32 Å². The Labute approximate surface area is 107 Å². The summed E-state index contributed by atoms with van der Waals surface area (Å²) in [6.07, 6.45) is -3.25. The number of pyridine rings is 1. The minimum absolute atomic E-state index is 0.00340. The third-order valence-corrected chi connectivity index (χ3v) is 2.21. The molecule has 1 heterocycles. The lowest BCUT2D eigenvalue weighted by Gasteiger charge is -2.10. The van der Waals surface area contributed by atoms with Gasteiger partial charge in [0.2, 0.25) is 0 Å². The monoisotopic (exact) mass is 281 g/mol. The maximum Gasteiger partial charge on any atom is 0.405 e. The molecular formula is C10H11ClF3N3O. The first-order chi connectivity index (χ1) is 8.33. The van der Waals surface area contributed by atoms with Crippen molar-refractivity contribution < 1.29 is 18.0 Å². The number of hydrogen-bond donors (Lipinski definition) is 2. The molecule has 0 bridgehead atoms. The van der Waals surface area contributed by atoms with Crippen LogP contribution in [0.5, 0.6) is 0 Å². The van der Waals surface area contributed by atoms with E-state index < -0.39 is 18.6 Å². The molecule has 4 nitrogen and oxygen atoms in total. The first kappa shape index (κ1) is 14.6. The lowest BCUT2D eigenvalue weighted by Crippen LogP contribution is -2.33. The number of nitrogens with one attached hydrogen (secondary N) is 2. The molecule has 100 valence electrons. The summed E-state index contributed by atoms with van der Waals surface area (Å²) in [4.78, 5) is 15.4. The maximum absolute atomic E-state index is 12.0. The van der Waals surface area contributed by atoms with Gasteiger partial charge in [0.15, 0.2) is 0 Å². The zero-order chi connectivity index (χ0) is 13.8. The van der Waals surface area contributed by atoms with Crippen LogP contribution in [0.25, 0.3) is 0 Å². The molecule has 0 aliphatic heterocycles. The Morgan fingerprint density at radius 3 is 2.72 bits per heavy atom.